The summed E-state index contributed by atoms with van der Waals surface area (Å²) < 4.78 is 10.7. The van der Waals surface area contributed by atoms with Crippen LogP contribution in [0.25, 0.3) is 17.2 Å². The van der Waals surface area contributed by atoms with Crippen LogP contribution in [0.4, 0.5) is 0 Å². The maximum Gasteiger partial charge on any atom is 0.331 e. The van der Waals surface area contributed by atoms with Crippen molar-refractivity contribution in [1.82, 2.24) is 10.3 Å². The van der Waals surface area contributed by atoms with E-state index < -0.39 is 12.1 Å². The molecule has 1 N–H and O–H groups in total. The summed E-state index contributed by atoms with van der Waals surface area (Å²) in [5, 5.41) is 2.86. The van der Waals surface area contributed by atoms with Gasteiger partial charge in [-0.2, -0.15) is 0 Å². The van der Waals surface area contributed by atoms with E-state index in [0.29, 0.717) is 23.5 Å². The standard InChI is InChI=1S/C23H24N2O4/c1-3-17(18-9-5-4-6-10-18)15-24-23(27)16(2)28-22(26)14-13-21-25-19-11-7-8-12-20(19)29-21/h4-14,16-17H,3,15H2,1-2H3,(H,24,27)/b14-13+/t16-,17+/m1/s1. The van der Waals surface area contributed by atoms with E-state index in [1.165, 1.54) is 17.7 Å². The minimum Gasteiger partial charge on any atom is -0.449 e. The summed E-state index contributed by atoms with van der Waals surface area (Å²) in [6.07, 6.45) is 2.62. The fourth-order valence-corrected chi connectivity index (χ4v) is 2.96. The van der Waals surface area contributed by atoms with Gasteiger partial charge < -0.3 is 14.5 Å². The molecule has 3 rings (SSSR count). The average molecular weight is 392 g/mol. The van der Waals surface area contributed by atoms with Crippen LogP contribution in [-0.2, 0) is 14.3 Å². The van der Waals surface area contributed by atoms with Crippen molar-refractivity contribution < 1.29 is 18.7 Å². The monoisotopic (exact) mass is 392 g/mol. The van der Waals surface area contributed by atoms with Crippen LogP contribution in [0.15, 0.2) is 65.1 Å². The second-order valence-corrected chi connectivity index (χ2v) is 6.69. The number of nitrogens with zero attached hydrogens (tertiary/aromatic N) is 1. The molecule has 0 aliphatic carbocycles. The molecule has 29 heavy (non-hydrogen) atoms. The predicted octanol–water partition coefficient (Wildman–Crippen LogP) is 4.08. The number of fused-ring (bicyclic) bond motifs is 1. The molecular weight excluding hydrogens is 368 g/mol. The van der Waals surface area contributed by atoms with Crippen molar-refractivity contribution >= 4 is 29.1 Å². The number of carbonyl (C=O) groups excluding carboxylic acids is 2. The van der Waals surface area contributed by atoms with E-state index in [0.717, 1.165) is 6.42 Å². The first-order valence-corrected chi connectivity index (χ1v) is 9.63. The third-order valence-electron chi connectivity index (χ3n) is 4.62. The van der Waals surface area contributed by atoms with Crippen LogP contribution in [-0.4, -0.2) is 29.5 Å². The van der Waals surface area contributed by atoms with Crippen LogP contribution >= 0.6 is 0 Å². The molecule has 3 aromatic rings. The zero-order valence-corrected chi connectivity index (χ0v) is 16.5. The highest BCUT2D eigenvalue weighted by Crippen LogP contribution is 2.18. The number of carbonyl (C=O) groups is 2. The molecule has 1 heterocycles. The molecule has 1 amide bonds. The average Bonchev–Trinajstić information content (AvgIpc) is 3.16. The first-order chi connectivity index (χ1) is 14.1. The lowest BCUT2D eigenvalue weighted by molar-refractivity contribution is -0.150. The number of ether oxygens (including phenoxy) is 1. The van der Waals surface area contributed by atoms with Gasteiger partial charge in [-0.05, 0) is 31.0 Å². The van der Waals surface area contributed by atoms with E-state index in [1.54, 1.807) is 13.0 Å². The van der Waals surface area contributed by atoms with E-state index in [-0.39, 0.29) is 11.8 Å². The summed E-state index contributed by atoms with van der Waals surface area (Å²) in [6, 6.07) is 17.3. The molecular formula is C23H24N2O4. The van der Waals surface area contributed by atoms with Crippen molar-refractivity contribution in [2.24, 2.45) is 0 Å². The van der Waals surface area contributed by atoms with E-state index >= 15 is 0 Å². The largest absolute Gasteiger partial charge is 0.449 e. The Hall–Kier alpha value is -3.41. The van der Waals surface area contributed by atoms with Crippen LogP contribution in [0.3, 0.4) is 0 Å². The Bertz CT molecular complexity index is 961. The normalized spacial score (nSPS) is 13.3. The second-order valence-electron chi connectivity index (χ2n) is 6.69. The number of para-hydroxylation sites is 2. The van der Waals surface area contributed by atoms with Crippen LogP contribution in [0.5, 0.6) is 0 Å². The number of esters is 1. The van der Waals surface area contributed by atoms with Gasteiger partial charge >= 0.3 is 5.97 Å². The second kappa shape index (κ2) is 9.68. The third-order valence-corrected chi connectivity index (χ3v) is 4.62. The molecule has 150 valence electrons. The summed E-state index contributed by atoms with van der Waals surface area (Å²) in [6.45, 7) is 4.11. The van der Waals surface area contributed by atoms with E-state index in [1.807, 2.05) is 48.5 Å². The molecule has 6 heteroatoms. The molecule has 0 radical (unpaired) electrons. The van der Waals surface area contributed by atoms with Crippen LogP contribution in [0.2, 0.25) is 0 Å². The van der Waals surface area contributed by atoms with Crippen molar-refractivity contribution in [3.05, 3.63) is 72.1 Å². The smallest absolute Gasteiger partial charge is 0.331 e. The number of aromatic nitrogens is 1. The summed E-state index contributed by atoms with van der Waals surface area (Å²) in [5.41, 5.74) is 2.51. The Balaban J connectivity index is 1.50. The Kier molecular flexibility index (Phi) is 6.79. The van der Waals surface area contributed by atoms with Gasteiger partial charge in [0.1, 0.15) is 5.52 Å². The van der Waals surface area contributed by atoms with Gasteiger partial charge in [-0.1, -0.05) is 49.4 Å². The van der Waals surface area contributed by atoms with Crippen LogP contribution in [0, 0.1) is 0 Å². The SMILES string of the molecule is CC[C@@H](CNC(=O)[C@@H](C)OC(=O)/C=C/c1nc2ccccc2o1)c1ccccc1. The topological polar surface area (TPSA) is 81.4 Å². The molecule has 2 aromatic carbocycles. The van der Waals surface area contributed by atoms with Gasteiger partial charge in [0.15, 0.2) is 11.7 Å². The molecule has 0 unspecified atom stereocenters. The zero-order valence-electron chi connectivity index (χ0n) is 16.5. The van der Waals surface area contributed by atoms with Gasteiger partial charge in [0.2, 0.25) is 5.89 Å². The van der Waals surface area contributed by atoms with Crippen molar-refractivity contribution in [3.63, 3.8) is 0 Å². The summed E-state index contributed by atoms with van der Waals surface area (Å²) >= 11 is 0. The van der Waals surface area contributed by atoms with Crippen molar-refractivity contribution in [2.45, 2.75) is 32.3 Å². The highest BCUT2D eigenvalue weighted by molar-refractivity contribution is 5.90. The van der Waals surface area contributed by atoms with Gasteiger partial charge in [-0.25, -0.2) is 9.78 Å². The Labute approximate surface area is 169 Å². The Morgan fingerprint density at radius 1 is 1.14 bits per heavy atom. The number of nitrogens with one attached hydrogen (secondary N) is 1. The Morgan fingerprint density at radius 3 is 2.59 bits per heavy atom. The fourth-order valence-electron chi connectivity index (χ4n) is 2.96. The number of hydrogen-bond acceptors (Lipinski definition) is 5. The van der Waals surface area contributed by atoms with Crippen molar-refractivity contribution in [2.75, 3.05) is 6.54 Å². The van der Waals surface area contributed by atoms with E-state index in [4.69, 9.17) is 9.15 Å². The molecule has 0 fully saturated rings. The van der Waals surface area contributed by atoms with E-state index in [2.05, 4.69) is 17.2 Å². The Morgan fingerprint density at radius 2 is 1.86 bits per heavy atom. The third kappa shape index (κ3) is 5.54. The molecule has 2 atom stereocenters. The molecule has 0 aliphatic heterocycles. The minimum absolute atomic E-state index is 0.210. The molecule has 0 saturated heterocycles. The van der Waals surface area contributed by atoms with Gasteiger partial charge in [0.25, 0.3) is 5.91 Å². The van der Waals surface area contributed by atoms with Gasteiger partial charge in [-0.15, -0.1) is 0 Å². The molecule has 0 bridgehead atoms. The highest BCUT2D eigenvalue weighted by atomic mass is 16.5. The summed E-state index contributed by atoms with van der Waals surface area (Å²) in [4.78, 5) is 28.5. The molecule has 0 saturated carbocycles. The first-order valence-electron chi connectivity index (χ1n) is 9.63. The van der Waals surface area contributed by atoms with Crippen molar-refractivity contribution in [3.8, 4) is 0 Å². The van der Waals surface area contributed by atoms with Gasteiger partial charge in [-0.3, -0.25) is 4.79 Å². The molecule has 0 aliphatic rings. The molecule has 6 nitrogen and oxygen atoms in total. The maximum absolute atomic E-state index is 12.3. The van der Waals surface area contributed by atoms with Gasteiger partial charge in [0.05, 0.1) is 0 Å². The van der Waals surface area contributed by atoms with Gasteiger partial charge in [0, 0.05) is 24.6 Å². The first kappa shape index (κ1) is 20.3. The lowest BCUT2D eigenvalue weighted by atomic mass is 9.96. The zero-order chi connectivity index (χ0) is 20.6. The lowest BCUT2D eigenvalue weighted by Crippen LogP contribution is -2.37. The van der Waals surface area contributed by atoms with Crippen molar-refractivity contribution in [1.29, 1.82) is 0 Å². The summed E-state index contributed by atoms with van der Waals surface area (Å²) in [5.74, 6) is -0.455. The molecule has 0 spiro atoms. The minimum atomic E-state index is -0.899. The number of amides is 1. The summed E-state index contributed by atoms with van der Waals surface area (Å²) in [7, 11) is 0. The van der Waals surface area contributed by atoms with E-state index in [9.17, 15) is 9.59 Å². The fraction of sp³-hybridized carbons (Fsp3) is 0.261. The van der Waals surface area contributed by atoms with Crippen LogP contribution < -0.4 is 5.32 Å². The lowest BCUT2D eigenvalue weighted by Gasteiger charge is -2.18. The number of rotatable bonds is 8. The number of hydrogen-bond donors (Lipinski definition) is 1. The number of benzene rings is 2. The maximum atomic E-state index is 12.3. The predicted molar refractivity (Wildman–Crippen MR) is 111 cm³/mol. The quantitative estimate of drug-likeness (QED) is 0.461. The van der Waals surface area contributed by atoms with Crippen LogP contribution in [0.1, 0.15) is 37.6 Å². The number of oxazole rings is 1. The highest BCUT2D eigenvalue weighted by Gasteiger charge is 2.18. The molecule has 1 aromatic heterocycles.